The van der Waals surface area contributed by atoms with E-state index in [1.165, 1.54) is 24.4 Å². The van der Waals surface area contributed by atoms with Gasteiger partial charge in [-0.1, -0.05) is 11.6 Å². The molecule has 1 saturated carbocycles. The number of nitrogens with one attached hydrogen (secondary N) is 2. The summed E-state index contributed by atoms with van der Waals surface area (Å²) in [6, 6.07) is 5.83. The van der Waals surface area contributed by atoms with E-state index in [1.807, 2.05) is 0 Å². The van der Waals surface area contributed by atoms with Gasteiger partial charge in [-0.2, -0.15) is 0 Å². The Labute approximate surface area is 172 Å². The molecule has 1 unspecified atom stereocenters. The normalized spacial score (nSPS) is 19.8. The largest absolute Gasteiger partial charge is 0.349 e. The summed E-state index contributed by atoms with van der Waals surface area (Å²) in [5.41, 5.74) is 0.847. The Hall–Kier alpha value is -2.67. The molecule has 152 valence electrons. The topological polar surface area (TPSA) is 82.3 Å². The number of hydrogen-bond acceptors (Lipinski definition) is 3. The number of carbonyl (C=O) groups is 2. The summed E-state index contributed by atoms with van der Waals surface area (Å²) in [5.74, 6) is -0.683. The van der Waals surface area contributed by atoms with Gasteiger partial charge in [0.1, 0.15) is 10.8 Å². The fourth-order valence-corrected chi connectivity index (χ4v) is 4.22. The van der Waals surface area contributed by atoms with Crippen molar-refractivity contribution >= 4 is 23.4 Å². The second-order valence-electron chi connectivity index (χ2n) is 7.91. The van der Waals surface area contributed by atoms with Crippen LogP contribution < -0.4 is 10.9 Å². The number of amides is 2. The lowest BCUT2D eigenvalue weighted by molar-refractivity contribution is 0.0667. The predicted octanol–water partition coefficient (Wildman–Crippen LogP) is 2.90. The average molecular weight is 418 g/mol. The molecule has 1 aliphatic heterocycles. The van der Waals surface area contributed by atoms with Crippen LogP contribution in [-0.4, -0.2) is 40.8 Å². The Morgan fingerprint density at radius 3 is 2.62 bits per heavy atom. The maximum absolute atomic E-state index is 13.4. The van der Waals surface area contributed by atoms with E-state index >= 15 is 0 Å². The third kappa shape index (κ3) is 3.79. The van der Waals surface area contributed by atoms with Gasteiger partial charge in [0.05, 0.1) is 5.56 Å². The van der Waals surface area contributed by atoms with E-state index in [0.717, 1.165) is 19.3 Å². The minimum atomic E-state index is -0.431. The molecule has 29 heavy (non-hydrogen) atoms. The number of hydrogen-bond donors (Lipinski definition) is 2. The summed E-state index contributed by atoms with van der Waals surface area (Å²) in [6.45, 7) is 2.85. The number of pyridine rings is 1. The van der Waals surface area contributed by atoms with Gasteiger partial charge in [-0.25, -0.2) is 4.39 Å². The van der Waals surface area contributed by atoms with E-state index in [9.17, 15) is 18.8 Å². The van der Waals surface area contributed by atoms with Crippen LogP contribution in [0.15, 0.2) is 35.3 Å². The Balaban J connectivity index is 1.34. The van der Waals surface area contributed by atoms with Gasteiger partial charge >= 0.3 is 0 Å². The number of piperidine rings is 1. The molecule has 1 atom stereocenters. The Bertz CT molecular complexity index is 1040. The number of likely N-dealkylation sites (tertiary alicyclic amines) is 1. The fourth-order valence-electron chi connectivity index (χ4n) is 4.05. The quantitative estimate of drug-likeness (QED) is 0.805. The average Bonchev–Trinajstić information content (AvgIpc) is 3.36. The molecule has 1 spiro atoms. The Morgan fingerprint density at radius 1 is 1.24 bits per heavy atom. The molecular formula is C21H21ClFN3O3. The van der Waals surface area contributed by atoms with Gasteiger partial charge in [0.2, 0.25) is 0 Å². The third-order valence-electron chi connectivity index (χ3n) is 6.07. The first-order chi connectivity index (χ1) is 13.8. The van der Waals surface area contributed by atoms with Crippen molar-refractivity contribution < 1.29 is 14.0 Å². The first kappa shape index (κ1) is 19.6. The number of benzene rings is 1. The highest BCUT2D eigenvalue weighted by molar-refractivity contribution is 6.30. The molecule has 2 aliphatic rings. The minimum Gasteiger partial charge on any atom is -0.349 e. The molecule has 0 bridgehead atoms. The molecule has 1 aliphatic carbocycles. The summed E-state index contributed by atoms with van der Waals surface area (Å²) in [4.78, 5) is 40.7. The van der Waals surface area contributed by atoms with Gasteiger partial charge < -0.3 is 15.2 Å². The summed E-state index contributed by atoms with van der Waals surface area (Å²) in [6.07, 6.45) is 3.82. The van der Waals surface area contributed by atoms with Crippen LogP contribution in [0.5, 0.6) is 0 Å². The lowest BCUT2D eigenvalue weighted by atomic mass is 9.92. The van der Waals surface area contributed by atoms with E-state index in [4.69, 9.17) is 11.6 Å². The SMILES string of the molecule is Cc1cc(C(=O)N2CCC3(CC2)CC3NC(=O)c2c[nH]c(=O)c(Cl)c2)ccc1F. The van der Waals surface area contributed by atoms with E-state index in [1.54, 1.807) is 17.9 Å². The molecule has 2 N–H and O–H groups in total. The van der Waals surface area contributed by atoms with Crippen LogP contribution in [0.1, 0.15) is 45.5 Å². The van der Waals surface area contributed by atoms with Crippen molar-refractivity contribution in [3.8, 4) is 0 Å². The highest BCUT2D eigenvalue weighted by Crippen LogP contribution is 2.54. The van der Waals surface area contributed by atoms with Gasteiger partial charge in [-0.05, 0) is 61.4 Å². The third-order valence-corrected chi connectivity index (χ3v) is 6.35. The van der Waals surface area contributed by atoms with Crippen molar-refractivity contribution in [3.05, 3.63) is 68.3 Å². The first-order valence-electron chi connectivity index (χ1n) is 9.54. The van der Waals surface area contributed by atoms with E-state index < -0.39 is 5.56 Å². The number of halogens is 2. The highest BCUT2D eigenvalue weighted by atomic mass is 35.5. The molecule has 0 radical (unpaired) electrons. The van der Waals surface area contributed by atoms with Crippen LogP contribution >= 0.6 is 11.6 Å². The van der Waals surface area contributed by atoms with Crippen LogP contribution in [-0.2, 0) is 0 Å². The molecule has 2 heterocycles. The number of aryl methyl sites for hydroxylation is 1. The summed E-state index contributed by atoms with van der Waals surface area (Å²) in [7, 11) is 0. The maximum atomic E-state index is 13.4. The monoisotopic (exact) mass is 417 g/mol. The number of carbonyl (C=O) groups excluding carboxylic acids is 2. The van der Waals surface area contributed by atoms with Crippen molar-refractivity contribution in [3.63, 3.8) is 0 Å². The number of aromatic amines is 1. The molecule has 8 heteroatoms. The fraction of sp³-hybridized carbons (Fsp3) is 0.381. The van der Waals surface area contributed by atoms with Crippen LogP contribution in [0.4, 0.5) is 4.39 Å². The maximum Gasteiger partial charge on any atom is 0.266 e. The zero-order chi connectivity index (χ0) is 20.8. The summed E-state index contributed by atoms with van der Waals surface area (Å²) in [5, 5.41) is 2.98. The van der Waals surface area contributed by atoms with Crippen molar-refractivity contribution in [2.45, 2.75) is 32.2 Å². The Kier molecular flexibility index (Phi) is 4.94. The smallest absolute Gasteiger partial charge is 0.266 e. The number of H-pyrrole nitrogens is 1. The van der Waals surface area contributed by atoms with Gasteiger partial charge in [0.15, 0.2) is 0 Å². The van der Waals surface area contributed by atoms with Crippen LogP contribution in [0.2, 0.25) is 5.02 Å². The molecule has 1 aromatic carbocycles. The van der Waals surface area contributed by atoms with Crippen molar-refractivity contribution in [2.24, 2.45) is 5.41 Å². The molecule has 6 nitrogen and oxygen atoms in total. The molecule has 1 aromatic heterocycles. The van der Waals surface area contributed by atoms with Gasteiger partial charge in [0.25, 0.3) is 17.4 Å². The van der Waals surface area contributed by atoms with Crippen LogP contribution in [0.3, 0.4) is 0 Å². The number of aromatic nitrogens is 1. The molecule has 2 amide bonds. The number of rotatable bonds is 3. The zero-order valence-electron chi connectivity index (χ0n) is 15.9. The predicted molar refractivity (Wildman–Crippen MR) is 107 cm³/mol. The molecule has 1 saturated heterocycles. The lowest BCUT2D eigenvalue weighted by Crippen LogP contribution is -2.41. The second kappa shape index (κ2) is 7.30. The zero-order valence-corrected chi connectivity index (χ0v) is 16.7. The molecule has 4 rings (SSSR count). The van der Waals surface area contributed by atoms with E-state index in [-0.39, 0.29) is 34.1 Å². The second-order valence-corrected chi connectivity index (χ2v) is 8.32. The lowest BCUT2D eigenvalue weighted by Gasteiger charge is -2.33. The summed E-state index contributed by atoms with van der Waals surface area (Å²) < 4.78 is 13.4. The highest BCUT2D eigenvalue weighted by Gasteiger charge is 2.56. The van der Waals surface area contributed by atoms with Gasteiger partial charge in [-0.15, -0.1) is 0 Å². The minimum absolute atomic E-state index is 0.0110. The molecule has 2 fully saturated rings. The van der Waals surface area contributed by atoms with Crippen LogP contribution in [0, 0.1) is 18.2 Å². The number of nitrogens with zero attached hydrogens (tertiary/aromatic N) is 1. The van der Waals surface area contributed by atoms with Gasteiger partial charge in [0, 0.05) is 30.9 Å². The van der Waals surface area contributed by atoms with Gasteiger partial charge in [-0.3, -0.25) is 14.4 Å². The van der Waals surface area contributed by atoms with Crippen molar-refractivity contribution in [1.82, 2.24) is 15.2 Å². The Morgan fingerprint density at radius 2 is 1.97 bits per heavy atom. The molecule has 2 aromatic rings. The van der Waals surface area contributed by atoms with Crippen molar-refractivity contribution in [1.29, 1.82) is 0 Å². The van der Waals surface area contributed by atoms with Crippen LogP contribution in [0.25, 0.3) is 0 Å². The standard InChI is InChI=1S/C21H21ClFN3O3/c1-12-8-13(2-3-16(12)23)20(29)26-6-4-21(5-7-26)10-17(21)25-18(27)14-9-15(22)19(28)24-11-14/h2-3,8-9,11,17H,4-7,10H2,1H3,(H,24,28)(H,25,27). The summed E-state index contributed by atoms with van der Waals surface area (Å²) >= 11 is 5.78. The molecular weight excluding hydrogens is 397 g/mol. The first-order valence-corrected chi connectivity index (χ1v) is 9.91. The van der Waals surface area contributed by atoms with E-state index in [0.29, 0.717) is 29.8 Å². The van der Waals surface area contributed by atoms with E-state index in [2.05, 4.69) is 10.3 Å². The van der Waals surface area contributed by atoms with Crippen molar-refractivity contribution in [2.75, 3.05) is 13.1 Å².